The van der Waals surface area contributed by atoms with Crippen molar-refractivity contribution < 1.29 is 34.8 Å². The van der Waals surface area contributed by atoms with Gasteiger partial charge in [-0.15, -0.1) is 0 Å². The second-order valence-electron chi connectivity index (χ2n) is 4.35. The molecule has 0 radical (unpaired) electrons. The van der Waals surface area contributed by atoms with Crippen LogP contribution in [-0.2, 0) is 14.4 Å². The molecule has 2 atom stereocenters. The highest BCUT2D eigenvalue weighted by atomic mass is 16.4. The summed E-state index contributed by atoms with van der Waals surface area (Å²) in [6.45, 7) is 2.71. The van der Waals surface area contributed by atoms with E-state index < -0.39 is 35.6 Å². The van der Waals surface area contributed by atoms with Gasteiger partial charge in [-0.05, 0) is 20.3 Å². The van der Waals surface area contributed by atoms with Gasteiger partial charge in [0.05, 0.1) is 5.60 Å². The molecule has 0 aliphatic heterocycles. The molecule has 0 saturated carbocycles. The van der Waals surface area contributed by atoms with Crippen LogP contribution in [0.25, 0.3) is 0 Å². The molecule has 9 heteroatoms. The van der Waals surface area contributed by atoms with Crippen molar-refractivity contribution in [3.05, 3.63) is 0 Å². The molecule has 0 aliphatic carbocycles. The van der Waals surface area contributed by atoms with Crippen LogP contribution >= 0.6 is 0 Å². The van der Waals surface area contributed by atoms with E-state index in [4.69, 9.17) is 31.9 Å². The van der Waals surface area contributed by atoms with Crippen LogP contribution in [0.2, 0.25) is 0 Å². The van der Waals surface area contributed by atoms with Gasteiger partial charge in [0.1, 0.15) is 12.1 Å². The van der Waals surface area contributed by atoms with Crippen LogP contribution in [0.1, 0.15) is 26.7 Å². The maximum absolute atomic E-state index is 10.1. The molecular weight excluding hydrogens is 260 g/mol. The Hall–Kier alpha value is -1.71. The van der Waals surface area contributed by atoms with Gasteiger partial charge in [-0.2, -0.15) is 0 Å². The number of carbonyl (C=O) groups is 3. The topological polar surface area (TPSA) is 184 Å². The van der Waals surface area contributed by atoms with Crippen LogP contribution in [0, 0.1) is 0 Å². The summed E-state index contributed by atoms with van der Waals surface area (Å²) in [6, 6.07) is -2.27. The van der Waals surface area contributed by atoms with Gasteiger partial charge < -0.3 is 31.9 Å². The molecule has 0 saturated heterocycles. The highest BCUT2D eigenvalue weighted by molar-refractivity contribution is 5.75. The summed E-state index contributed by atoms with van der Waals surface area (Å²) in [4.78, 5) is 29.9. The van der Waals surface area contributed by atoms with Gasteiger partial charge in [0.25, 0.3) is 0 Å². The summed E-state index contributed by atoms with van der Waals surface area (Å²) in [5.41, 5.74) is 8.70. The van der Waals surface area contributed by atoms with Crippen molar-refractivity contribution in [2.24, 2.45) is 11.5 Å². The minimum Gasteiger partial charge on any atom is -0.481 e. The normalized spacial score (nSPS) is 13.7. The average molecular weight is 280 g/mol. The SMILES string of the molecule is CC(C)(O)C(N)C(=O)O.N[C@@H](CCC(=O)O)C(=O)O. The van der Waals surface area contributed by atoms with Crippen molar-refractivity contribution >= 4 is 17.9 Å². The van der Waals surface area contributed by atoms with E-state index >= 15 is 0 Å². The first-order valence-electron chi connectivity index (χ1n) is 5.30. The standard InChI is InChI=1S/C5H9NO4.C5H11NO3/c6-3(5(9)10)1-2-4(7)8;1-5(2,9)3(6)4(7)8/h3H,1-2,6H2,(H,7,8)(H,9,10);3,9H,6H2,1-2H3,(H,7,8)/t3-;/m0./s1. The third kappa shape index (κ3) is 11.1. The first-order chi connectivity index (χ1) is 8.39. The average Bonchev–Trinajstić information content (AvgIpc) is 2.23. The number of nitrogens with two attached hydrogens (primary N) is 2. The molecule has 1 unspecified atom stereocenters. The zero-order valence-electron chi connectivity index (χ0n) is 10.7. The first kappa shape index (κ1) is 19.6. The molecule has 0 rings (SSSR count). The zero-order chi connectivity index (χ0) is 15.8. The van der Waals surface area contributed by atoms with Crippen LogP contribution in [0.3, 0.4) is 0 Å². The minimum absolute atomic E-state index is 0.0231. The Morgan fingerprint density at radius 3 is 1.63 bits per heavy atom. The molecule has 0 spiro atoms. The van der Waals surface area contributed by atoms with Crippen molar-refractivity contribution in [2.75, 3.05) is 0 Å². The molecule has 112 valence electrons. The van der Waals surface area contributed by atoms with Gasteiger partial charge >= 0.3 is 17.9 Å². The third-order valence-electron chi connectivity index (χ3n) is 2.01. The van der Waals surface area contributed by atoms with Gasteiger partial charge in [-0.25, -0.2) is 0 Å². The molecule has 0 aliphatic rings. The largest absolute Gasteiger partial charge is 0.481 e. The highest BCUT2D eigenvalue weighted by Crippen LogP contribution is 2.04. The summed E-state index contributed by atoms with van der Waals surface area (Å²) in [6.07, 6.45) is -0.224. The molecule has 0 heterocycles. The van der Waals surface area contributed by atoms with E-state index in [9.17, 15) is 14.4 Å². The second kappa shape index (κ2) is 8.40. The molecule has 9 nitrogen and oxygen atoms in total. The monoisotopic (exact) mass is 280 g/mol. The third-order valence-corrected chi connectivity index (χ3v) is 2.01. The number of carboxylic acids is 3. The molecule has 0 aromatic carbocycles. The first-order valence-corrected chi connectivity index (χ1v) is 5.30. The van der Waals surface area contributed by atoms with Gasteiger partial charge in [-0.3, -0.25) is 14.4 Å². The van der Waals surface area contributed by atoms with Crippen molar-refractivity contribution in [1.29, 1.82) is 0 Å². The number of hydrogen-bond donors (Lipinski definition) is 6. The molecular formula is C10H20N2O7. The maximum atomic E-state index is 10.1. The molecule has 0 fully saturated rings. The molecule has 0 bridgehead atoms. The number of aliphatic carboxylic acids is 3. The molecule has 0 aromatic rings. The van der Waals surface area contributed by atoms with Gasteiger partial charge in [0.15, 0.2) is 0 Å². The lowest BCUT2D eigenvalue weighted by atomic mass is 10.0. The molecule has 8 N–H and O–H groups in total. The van der Waals surface area contributed by atoms with E-state index in [0.717, 1.165) is 0 Å². The second-order valence-corrected chi connectivity index (χ2v) is 4.35. The van der Waals surface area contributed by atoms with Crippen LogP contribution in [-0.4, -0.2) is 56.0 Å². The van der Waals surface area contributed by atoms with Crippen molar-refractivity contribution in [1.82, 2.24) is 0 Å². The predicted octanol–water partition coefficient (Wildman–Crippen LogP) is -1.57. The van der Waals surface area contributed by atoms with E-state index in [-0.39, 0.29) is 12.8 Å². The smallest absolute Gasteiger partial charge is 0.323 e. The summed E-state index contributed by atoms with van der Waals surface area (Å²) in [5.74, 6) is -3.39. The van der Waals surface area contributed by atoms with Crippen molar-refractivity contribution in [3.63, 3.8) is 0 Å². The lowest BCUT2D eigenvalue weighted by molar-refractivity contribution is -0.144. The Balaban J connectivity index is 0. The van der Waals surface area contributed by atoms with Crippen LogP contribution in [0.15, 0.2) is 0 Å². The van der Waals surface area contributed by atoms with E-state index in [1.165, 1.54) is 13.8 Å². The Bertz CT molecular complexity index is 324. The Morgan fingerprint density at radius 1 is 1.05 bits per heavy atom. The fraction of sp³-hybridized carbons (Fsp3) is 0.700. The Kier molecular flexibility index (Phi) is 8.68. The number of aliphatic hydroxyl groups is 1. The van der Waals surface area contributed by atoms with E-state index in [1.807, 2.05) is 0 Å². The van der Waals surface area contributed by atoms with E-state index in [2.05, 4.69) is 0 Å². The summed E-state index contributed by atoms with van der Waals surface area (Å²) < 4.78 is 0. The van der Waals surface area contributed by atoms with E-state index in [0.29, 0.717) is 0 Å². The number of hydrogen-bond acceptors (Lipinski definition) is 6. The lowest BCUT2D eigenvalue weighted by Gasteiger charge is -2.20. The Labute approximate surface area is 109 Å². The van der Waals surface area contributed by atoms with Crippen LogP contribution in [0.5, 0.6) is 0 Å². The summed E-state index contributed by atoms with van der Waals surface area (Å²) in [7, 11) is 0. The van der Waals surface area contributed by atoms with Gasteiger partial charge in [0.2, 0.25) is 0 Å². The number of rotatable bonds is 6. The van der Waals surface area contributed by atoms with Gasteiger partial charge in [-0.1, -0.05) is 0 Å². The summed E-state index contributed by atoms with van der Waals surface area (Å²) >= 11 is 0. The zero-order valence-corrected chi connectivity index (χ0v) is 10.7. The fourth-order valence-corrected chi connectivity index (χ4v) is 0.705. The summed E-state index contributed by atoms with van der Waals surface area (Å²) in [5, 5.41) is 33.5. The Morgan fingerprint density at radius 2 is 1.47 bits per heavy atom. The quantitative estimate of drug-likeness (QED) is 0.334. The van der Waals surface area contributed by atoms with Crippen LogP contribution in [0.4, 0.5) is 0 Å². The van der Waals surface area contributed by atoms with Crippen molar-refractivity contribution in [3.8, 4) is 0 Å². The van der Waals surface area contributed by atoms with Gasteiger partial charge in [0, 0.05) is 6.42 Å². The molecule has 0 amide bonds. The van der Waals surface area contributed by atoms with Crippen molar-refractivity contribution in [2.45, 2.75) is 44.4 Å². The van der Waals surface area contributed by atoms with E-state index in [1.54, 1.807) is 0 Å². The van der Waals surface area contributed by atoms with Crippen LogP contribution < -0.4 is 11.5 Å². The highest BCUT2D eigenvalue weighted by Gasteiger charge is 2.28. The predicted molar refractivity (Wildman–Crippen MR) is 64.4 cm³/mol. The maximum Gasteiger partial charge on any atom is 0.323 e. The minimum atomic E-state index is -1.34. The molecule has 0 aromatic heterocycles. The lowest BCUT2D eigenvalue weighted by Crippen LogP contribution is -2.48. The fourth-order valence-electron chi connectivity index (χ4n) is 0.705. The molecule has 19 heavy (non-hydrogen) atoms. The number of carboxylic acid groups (broad SMARTS) is 3.